The van der Waals surface area contributed by atoms with Crippen molar-refractivity contribution in [3.05, 3.63) is 70.7 Å². The first kappa shape index (κ1) is 18.5. The smallest absolute Gasteiger partial charge is 0.317 e. The number of halogens is 1. The Labute approximate surface area is 166 Å². The summed E-state index contributed by atoms with van der Waals surface area (Å²) in [6, 6.07) is 18.0. The number of carbonyl (C=O) groups excluding carboxylic acids is 1. The van der Waals surface area contributed by atoms with Crippen molar-refractivity contribution in [2.24, 2.45) is 0 Å². The molecule has 4 rings (SSSR count). The van der Waals surface area contributed by atoms with Crippen molar-refractivity contribution in [3.63, 3.8) is 0 Å². The van der Waals surface area contributed by atoms with Crippen LogP contribution in [0.2, 0.25) is 5.02 Å². The van der Waals surface area contributed by atoms with E-state index in [-0.39, 0.29) is 5.97 Å². The first-order valence-corrected chi connectivity index (χ1v) is 10.3. The Morgan fingerprint density at radius 2 is 1.48 bits per heavy atom. The number of ether oxygens (including phenoxy) is 1. The number of piperidine rings is 1. The van der Waals surface area contributed by atoms with Crippen LogP contribution in [0.3, 0.4) is 0 Å². The van der Waals surface area contributed by atoms with Crippen molar-refractivity contribution in [1.82, 2.24) is 5.32 Å². The number of hydrogen-bond acceptors (Lipinski definition) is 3. The highest BCUT2D eigenvalue weighted by molar-refractivity contribution is 6.30. The Morgan fingerprint density at radius 3 is 2.11 bits per heavy atom. The fourth-order valence-electron chi connectivity index (χ4n) is 4.66. The zero-order valence-electron chi connectivity index (χ0n) is 15.5. The molecule has 142 valence electrons. The predicted molar refractivity (Wildman–Crippen MR) is 108 cm³/mol. The standard InChI is InChI=1S/C23H26ClNO2/c24-20-10-8-18(9-11-20)22(12-4-5-13-22)21(26)27-23(14-16-25-17-15-23)19-6-2-1-3-7-19/h1-3,6-11,25H,4-5,12-17H2. The summed E-state index contributed by atoms with van der Waals surface area (Å²) in [7, 11) is 0. The van der Waals surface area contributed by atoms with Gasteiger partial charge in [0.25, 0.3) is 0 Å². The van der Waals surface area contributed by atoms with Crippen molar-refractivity contribution < 1.29 is 9.53 Å². The molecule has 1 aliphatic heterocycles. The van der Waals surface area contributed by atoms with Gasteiger partial charge in [-0.15, -0.1) is 0 Å². The van der Waals surface area contributed by atoms with E-state index in [1.165, 1.54) is 0 Å². The largest absolute Gasteiger partial charge is 0.453 e. The molecule has 1 heterocycles. The van der Waals surface area contributed by atoms with E-state index < -0.39 is 11.0 Å². The maximum absolute atomic E-state index is 13.6. The van der Waals surface area contributed by atoms with Crippen molar-refractivity contribution in [2.45, 2.75) is 49.5 Å². The third-order valence-corrected chi connectivity index (χ3v) is 6.50. The molecule has 1 saturated heterocycles. The van der Waals surface area contributed by atoms with Gasteiger partial charge in [0.2, 0.25) is 0 Å². The average Bonchev–Trinajstić information content (AvgIpc) is 3.21. The van der Waals surface area contributed by atoms with E-state index in [4.69, 9.17) is 16.3 Å². The van der Waals surface area contributed by atoms with Gasteiger partial charge in [-0.3, -0.25) is 4.79 Å². The number of rotatable bonds is 4. The molecule has 0 bridgehead atoms. The molecule has 0 spiro atoms. The first-order chi connectivity index (χ1) is 13.1. The molecule has 0 aromatic heterocycles. The van der Waals surface area contributed by atoms with E-state index in [1.807, 2.05) is 42.5 Å². The Kier molecular flexibility index (Phi) is 5.25. The molecule has 3 nitrogen and oxygen atoms in total. The van der Waals surface area contributed by atoms with Gasteiger partial charge >= 0.3 is 5.97 Å². The minimum Gasteiger partial charge on any atom is -0.453 e. The maximum Gasteiger partial charge on any atom is 0.317 e. The van der Waals surface area contributed by atoms with Gasteiger partial charge in [0.05, 0.1) is 5.41 Å². The van der Waals surface area contributed by atoms with Crippen LogP contribution in [0, 0.1) is 0 Å². The van der Waals surface area contributed by atoms with Gasteiger partial charge < -0.3 is 10.1 Å². The Bertz CT molecular complexity index is 776. The van der Waals surface area contributed by atoms with Crippen LogP contribution in [0.25, 0.3) is 0 Å². The highest BCUT2D eigenvalue weighted by Crippen LogP contribution is 2.45. The average molecular weight is 384 g/mol. The quantitative estimate of drug-likeness (QED) is 0.757. The lowest BCUT2D eigenvalue weighted by Crippen LogP contribution is -2.47. The molecule has 2 fully saturated rings. The van der Waals surface area contributed by atoms with Gasteiger partial charge in [0.15, 0.2) is 0 Å². The minimum atomic E-state index is -0.544. The maximum atomic E-state index is 13.6. The molecule has 2 aromatic rings. The third kappa shape index (κ3) is 3.51. The number of hydrogen-bond donors (Lipinski definition) is 1. The van der Waals surface area contributed by atoms with E-state index in [1.54, 1.807) is 0 Å². The molecule has 1 aliphatic carbocycles. The molecule has 2 aliphatic rings. The summed E-state index contributed by atoms with van der Waals surface area (Å²) >= 11 is 6.08. The minimum absolute atomic E-state index is 0.0759. The first-order valence-electron chi connectivity index (χ1n) is 9.90. The van der Waals surface area contributed by atoms with E-state index in [0.717, 1.165) is 62.7 Å². The molecular formula is C23H26ClNO2. The summed E-state index contributed by atoms with van der Waals surface area (Å²) in [6.07, 6.45) is 5.40. The molecule has 0 amide bonds. The molecule has 0 atom stereocenters. The summed E-state index contributed by atoms with van der Waals surface area (Å²) in [6.45, 7) is 1.71. The second-order valence-electron chi connectivity index (χ2n) is 7.80. The van der Waals surface area contributed by atoms with Crippen molar-refractivity contribution in [1.29, 1.82) is 0 Å². The lowest BCUT2D eigenvalue weighted by molar-refractivity contribution is -0.171. The zero-order chi connectivity index (χ0) is 18.7. The Balaban J connectivity index is 1.68. The van der Waals surface area contributed by atoms with Gasteiger partial charge in [-0.1, -0.05) is 66.9 Å². The van der Waals surface area contributed by atoms with E-state index >= 15 is 0 Å². The molecule has 27 heavy (non-hydrogen) atoms. The predicted octanol–water partition coefficient (Wildman–Crippen LogP) is 4.97. The highest BCUT2D eigenvalue weighted by Gasteiger charge is 2.48. The molecule has 0 unspecified atom stereocenters. The monoisotopic (exact) mass is 383 g/mol. The van der Waals surface area contributed by atoms with Crippen molar-refractivity contribution in [2.75, 3.05) is 13.1 Å². The fourth-order valence-corrected chi connectivity index (χ4v) is 4.78. The van der Waals surface area contributed by atoms with Gasteiger partial charge in [-0.25, -0.2) is 0 Å². The van der Waals surface area contributed by atoms with Crippen molar-refractivity contribution >= 4 is 17.6 Å². The van der Waals surface area contributed by atoms with Gasteiger partial charge in [-0.2, -0.15) is 0 Å². The molecule has 2 aromatic carbocycles. The summed E-state index contributed by atoms with van der Waals surface area (Å²) < 4.78 is 6.43. The normalized spacial score (nSPS) is 20.9. The summed E-state index contributed by atoms with van der Waals surface area (Å²) in [4.78, 5) is 13.6. The molecule has 4 heteroatoms. The van der Waals surface area contributed by atoms with Crippen LogP contribution in [0.5, 0.6) is 0 Å². The zero-order valence-corrected chi connectivity index (χ0v) is 16.3. The van der Waals surface area contributed by atoms with Gasteiger partial charge in [0, 0.05) is 17.9 Å². The topological polar surface area (TPSA) is 38.3 Å². The molecule has 1 saturated carbocycles. The van der Waals surface area contributed by atoms with Crippen LogP contribution in [0.4, 0.5) is 0 Å². The molecular weight excluding hydrogens is 358 g/mol. The number of carbonyl (C=O) groups is 1. The number of benzene rings is 2. The summed E-state index contributed by atoms with van der Waals surface area (Å²) in [5.74, 6) is -0.0759. The number of nitrogens with one attached hydrogen (secondary N) is 1. The van der Waals surface area contributed by atoms with Crippen LogP contribution in [0.15, 0.2) is 54.6 Å². The lowest BCUT2D eigenvalue weighted by Gasteiger charge is -2.40. The van der Waals surface area contributed by atoms with E-state index in [0.29, 0.717) is 5.02 Å². The van der Waals surface area contributed by atoms with Crippen LogP contribution in [-0.2, 0) is 20.5 Å². The third-order valence-electron chi connectivity index (χ3n) is 6.24. The van der Waals surface area contributed by atoms with Crippen LogP contribution in [-0.4, -0.2) is 19.1 Å². The van der Waals surface area contributed by atoms with E-state index in [2.05, 4.69) is 17.4 Å². The van der Waals surface area contributed by atoms with Crippen molar-refractivity contribution in [3.8, 4) is 0 Å². The highest BCUT2D eigenvalue weighted by atomic mass is 35.5. The lowest BCUT2D eigenvalue weighted by atomic mass is 9.78. The summed E-state index contributed by atoms with van der Waals surface area (Å²) in [5, 5.41) is 4.09. The van der Waals surface area contributed by atoms with Crippen LogP contribution >= 0.6 is 11.6 Å². The Hall–Kier alpha value is -1.84. The van der Waals surface area contributed by atoms with Crippen LogP contribution < -0.4 is 5.32 Å². The SMILES string of the molecule is O=C(OC1(c2ccccc2)CCNCC1)C1(c2ccc(Cl)cc2)CCCC1. The fraction of sp³-hybridized carbons (Fsp3) is 0.435. The Morgan fingerprint density at radius 1 is 0.852 bits per heavy atom. The second kappa shape index (κ2) is 7.65. The number of esters is 1. The second-order valence-corrected chi connectivity index (χ2v) is 8.23. The summed E-state index contributed by atoms with van der Waals surface area (Å²) in [5.41, 5.74) is 1.05. The molecule has 1 N–H and O–H groups in total. The van der Waals surface area contributed by atoms with E-state index in [9.17, 15) is 4.79 Å². The molecule has 0 radical (unpaired) electrons. The van der Waals surface area contributed by atoms with Gasteiger partial charge in [0.1, 0.15) is 5.60 Å². The van der Waals surface area contributed by atoms with Crippen LogP contribution in [0.1, 0.15) is 49.7 Å². The van der Waals surface area contributed by atoms with Gasteiger partial charge in [-0.05, 0) is 49.2 Å².